The molecule has 1 amide bonds. The molecule has 2 atom stereocenters. The van der Waals surface area contributed by atoms with Crippen molar-refractivity contribution in [2.24, 2.45) is 11.7 Å². The molecule has 1 aliphatic rings. The number of hydrogen-bond donors (Lipinski definition) is 1. The third kappa shape index (κ3) is 3.71. The quantitative estimate of drug-likeness (QED) is 0.927. The first-order chi connectivity index (χ1) is 10.3. The summed E-state index contributed by atoms with van der Waals surface area (Å²) < 4.78 is 44.0. The minimum absolute atomic E-state index is 0.249. The maximum atomic E-state index is 12.9. The molecule has 0 radical (unpaired) electrons. The third-order valence-electron chi connectivity index (χ3n) is 3.77. The number of hydrogen-bond acceptors (Lipinski definition) is 3. The van der Waals surface area contributed by atoms with Crippen molar-refractivity contribution < 1.29 is 22.7 Å². The summed E-state index contributed by atoms with van der Waals surface area (Å²) >= 11 is 0. The van der Waals surface area contributed by atoms with E-state index in [0.29, 0.717) is 19.6 Å². The van der Waals surface area contributed by atoms with Crippen LogP contribution in [0.15, 0.2) is 24.3 Å². The molecule has 1 aromatic carbocycles. The molecular formula is C15H19F3N2O2. The summed E-state index contributed by atoms with van der Waals surface area (Å²) in [5.41, 5.74) is 4.69. The van der Waals surface area contributed by atoms with Crippen molar-refractivity contribution >= 4 is 5.91 Å². The number of para-hydroxylation sites is 1. The smallest absolute Gasteiger partial charge is 0.419 e. The van der Waals surface area contributed by atoms with Crippen LogP contribution >= 0.6 is 0 Å². The van der Waals surface area contributed by atoms with Crippen LogP contribution < -0.4 is 10.5 Å². The summed E-state index contributed by atoms with van der Waals surface area (Å²) in [6.07, 6.45) is -4.67. The van der Waals surface area contributed by atoms with E-state index in [1.165, 1.54) is 25.1 Å². The Labute approximate surface area is 127 Å². The van der Waals surface area contributed by atoms with Crippen molar-refractivity contribution in [2.45, 2.75) is 25.6 Å². The number of halogens is 3. The van der Waals surface area contributed by atoms with Crippen LogP contribution in [0.25, 0.3) is 0 Å². The molecule has 4 nitrogen and oxygen atoms in total. The fourth-order valence-corrected chi connectivity index (χ4v) is 2.53. The number of carbonyl (C=O) groups is 1. The Morgan fingerprint density at radius 2 is 2.14 bits per heavy atom. The standard InChI is InChI=1S/C15H19F3N2O2/c1-10(14(21)20-7-6-11(8-19)9-20)22-13-5-3-2-4-12(13)15(16,17)18/h2-5,10-11H,6-9,19H2,1H3/t10-,11-/m0/s1. The second-order valence-electron chi connectivity index (χ2n) is 5.43. The molecule has 2 rings (SSSR count). The molecule has 1 aliphatic heterocycles. The van der Waals surface area contributed by atoms with E-state index in [-0.39, 0.29) is 17.6 Å². The van der Waals surface area contributed by atoms with E-state index in [4.69, 9.17) is 10.5 Å². The van der Waals surface area contributed by atoms with E-state index in [1.54, 1.807) is 4.90 Å². The number of alkyl halides is 3. The lowest BCUT2D eigenvalue weighted by molar-refractivity contribution is -0.143. The SMILES string of the molecule is C[C@H](Oc1ccccc1C(F)(F)F)C(=O)N1CC[C@@H](CN)C1. The highest BCUT2D eigenvalue weighted by Gasteiger charge is 2.35. The molecule has 0 aromatic heterocycles. The molecule has 22 heavy (non-hydrogen) atoms. The van der Waals surface area contributed by atoms with Crippen LogP contribution in [0.4, 0.5) is 13.2 Å². The zero-order chi connectivity index (χ0) is 16.3. The number of rotatable bonds is 4. The molecule has 0 unspecified atom stereocenters. The lowest BCUT2D eigenvalue weighted by Gasteiger charge is -2.23. The van der Waals surface area contributed by atoms with Gasteiger partial charge in [-0.3, -0.25) is 4.79 Å². The second-order valence-corrected chi connectivity index (χ2v) is 5.43. The molecule has 122 valence electrons. The van der Waals surface area contributed by atoms with Gasteiger partial charge >= 0.3 is 6.18 Å². The first kappa shape index (κ1) is 16.6. The van der Waals surface area contributed by atoms with Gasteiger partial charge in [0.1, 0.15) is 5.75 Å². The Balaban J connectivity index is 2.06. The summed E-state index contributed by atoms with van der Waals surface area (Å²) in [7, 11) is 0. The monoisotopic (exact) mass is 316 g/mol. The Hall–Kier alpha value is -1.76. The van der Waals surface area contributed by atoms with E-state index in [1.807, 2.05) is 0 Å². The highest BCUT2D eigenvalue weighted by molar-refractivity contribution is 5.81. The average Bonchev–Trinajstić information content (AvgIpc) is 2.94. The van der Waals surface area contributed by atoms with Crippen LogP contribution in [0, 0.1) is 5.92 Å². The van der Waals surface area contributed by atoms with Crippen LogP contribution in [0.5, 0.6) is 5.75 Å². The lowest BCUT2D eigenvalue weighted by Crippen LogP contribution is -2.39. The van der Waals surface area contributed by atoms with E-state index in [0.717, 1.165) is 12.5 Å². The average molecular weight is 316 g/mol. The van der Waals surface area contributed by atoms with Gasteiger partial charge in [-0.1, -0.05) is 12.1 Å². The summed E-state index contributed by atoms with van der Waals surface area (Å²) in [6, 6.07) is 4.89. The van der Waals surface area contributed by atoms with Crippen molar-refractivity contribution in [3.05, 3.63) is 29.8 Å². The van der Waals surface area contributed by atoms with Crippen molar-refractivity contribution in [3.63, 3.8) is 0 Å². The molecule has 0 saturated carbocycles. The normalized spacial score (nSPS) is 20.0. The summed E-state index contributed by atoms with van der Waals surface area (Å²) in [5.74, 6) is -0.392. The zero-order valence-corrected chi connectivity index (χ0v) is 12.3. The van der Waals surface area contributed by atoms with Crippen LogP contribution in [-0.2, 0) is 11.0 Å². The molecule has 1 heterocycles. The maximum absolute atomic E-state index is 12.9. The molecule has 1 fully saturated rings. The second kappa shape index (κ2) is 6.56. The van der Waals surface area contributed by atoms with Crippen molar-refractivity contribution in [3.8, 4) is 5.75 Å². The number of nitrogens with zero attached hydrogens (tertiary/aromatic N) is 1. The fourth-order valence-electron chi connectivity index (χ4n) is 2.53. The minimum Gasteiger partial charge on any atom is -0.480 e. The highest BCUT2D eigenvalue weighted by Crippen LogP contribution is 2.36. The van der Waals surface area contributed by atoms with Gasteiger partial charge in [0.25, 0.3) is 5.91 Å². The van der Waals surface area contributed by atoms with Crippen LogP contribution in [-0.4, -0.2) is 36.5 Å². The molecule has 0 aliphatic carbocycles. The van der Waals surface area contributed by atoms with Gasteiger partial charge in [0.05, 0.1) is 5.56 Å². The molecular weight excluding hydrogens is 297 g/mol. The molecule has 2 N–H and O–H groups in total. The van der Waals surface area contributed by atoms with Crippen LogP contribution in [0.1, 0.15) is 18.9 Å². The van der Waals surface area contributed by atoms with Crippen molar-refractivity contribution in [1.82, 2.24) is 4.90 Å². The van der Waals surface area contributed by atoms with Gasteiger partial charge in [-0.2, -0.15) is 13.2 Å². The predicted octanol–water partition coefficient (Wildman–Crippen LogP) is 2.28. The molecule has 0 bridgehead atoms. The number of amides is 1. The van der Waals surface area contributed by atoms with Gasteiger partial charge in [-0.25, -0.2) is 0 Å². The van der Waals surface area contributed by atoms with Gasteiger partial charge in [-0.05, 0) is 37.9 Å². The van der Waals surface area contributed by atoms with Gasteiger partial charge < -0.3 is 15.4 Å². The topological polar surface area (TPSA) is 55.6 Å². The Morgan fingerprint density at radius 1 is 1.45 bits per heavy atom. The van der Waals surface area contributed by atoms with Gasteiger partial charge in [0.2, 0.25) is 0 Å². The largest absolute Gasteiger partial charge is 0.480 e. The Kier molecular flexibility index (Phi) is 4.95. The highest BCUT2D eigenvalue weighted by atomic mass is 19.4. The number of ether oxygens (including phenoxy) is 1. The first-order valence-corrected chi connectivity index (χ1v) is 7.14. The summed E-state index contributed by atoms with van der Waals surface area (Å²) in [6.45, 7) is 3.06. The minimum atomic E-state index is -4.52. The summed E-state index contributed by atoms with van der Waals surface area (Å²) in [5, 5.41) is 0. The van der Waals surface area contributed by atoms with E-state index < -0.39 is 17.8 Å². The van der Waals surface area contributed by atoms with Crippen molar-refractivity contribution in [2.75, 3.05) is 19.6 Å². The van der Waals surface area contributed by atoms with Crippen molar-refractivity contribution in [1.29, 1.82) is 0 Å². The number of benzene rings is 1. The number of carbonyl (C=O) groups excluding carboxylic acids is 1. The number of nitrogens with two attached hydrogens (primary N) is 1. The summed E-state index contributed by atoms with van der Waals surface area (Å²) in [4.78, 5) is 13.8. The van der Waals surface area contributed by atoms with E-state index in [9.17, 15) is 18.0 Å². The Bertz CT molecular complexity index is 534. The molecule has 7 heteroatoms. The third-order valence-corrected chi connectivity index (χ3v) is 3.77. The predicted molar refractivity (Wildman–Crippen MR) is 75.3 cm³/mol. The van der Waals surface area contributed by atoms with Gasteiger partial charge in [0.15, 0.2) is 6.10 Å². The molecule has 1 aromatic rings. The Morgan fingerprint density at radius 3 is 2.73 bits per heavy atom. The van der Waals surface area contributed by atoms with Crippen LogP contribution in [0.2, 0.25) is 0 Å². The lowest BCUT2D eigenvalue weighted by atomic mass is 10.1. The van der Waals surface area contributed by atoms with Gasteiger partial charge in [0, 0.05) is 13.1 Å². The van der Waals surface area contributed by atoms with Gasteiger partial charge in [-0.15, -0.1) is 0 Å². The first-order valence-electron chi connectivity index (χ1n) is 7.14. The number of likely N-dealkylation sites (tertiary alicyclic amines) is 1. The fraction of sp³-hybridized carbons (Fsp3) is 0.533. The van der Waals surface area contributed by atoms with E-state index in [2.05, 4.69) is 0 Å². The maximum Gasteiger partial charge on any atom is 0.419 e. The zero-order valence-electron chi connectivity index (χ0n) is 12.3. The molecule has 1 saturated heterocycles. The van der Waals surface area contributed by atoms with Crippen LogP contribution in [0.3, 0.4) is 0 Å². The van der Waals surface area contributed by atoms with E-state index >= 15 is 0 Å². The molecule has 0 spiro atoms.